The lowest BCUT2D eigenvalue weighted by Crippen LogP contribution is -2.30. The number of likely N-dealkylation sites (N-methyl/N-ethyl adjacent to an activating group) is 1. The molecular weight excluding hydrogens is 394 g/mol. The van der Waals surface area contributed by atoms with Gasteiger partial charge in [0, 0.05) is 19.3 Å². The van der Waals surface area contributed by atoms with Crippen molar-refractivity contribution in [3.05, 3.63) is 77.1 Å². The van der Waals surface area contributed by atoms with Crippen molar-refractivity contribution in [3.8, 4) is 11.4 Å². The minimum absolute atomic E-state index is 0.276. The van der Waals surface area contributed by atoms with Gasteiger partial charge in [-0.1, -0.05) is 12.1 Å². The van der Waals surface area contributed by atoms with E-state index in [1.54, 1.807) is 31.3 Å². The number of esters is 1. The first-order valence-corrected chi connectivity index (χ1v) is 10.1. The molecule has 0 radical (unpaired) electrons. The number of nitrogens with zero attached hydrogens (tertiary/aromatic N) is 3. The third-order valence-electron chi connectivity index (χ3n) is 4.76. The van der Waals surface area contributed by atoms with E-state index in [1.807, 2.05) is 55.8 Å². The molecule has 31 heavy (non-hydrogen) atoms. The number of carbonyl (C=O) groups is 2. The first-order valence-electron chi connectivity index (χ1n) is 10.1. The number of carbonyl (C=O) groups excluding carboxylic acids is 2. The molecule has 0 saturated carbocycles. The zero-order valence-corrected chi connectivity index (χ0v) is 18.3. The maximum absolute atomic E-state index is 12.3. The fourth-order valence-electron chi connectivity index (χ4n) is 3.17. The molecule has 0 bridgehead atoms. The quantitative estimate of drug-likeness (QED) is 0.519. The zero-order valence-electron chi connectivity index (χ0n) is 18.3. The maximum Gasteiger partial charge on any atom is 0.338 e. The lowest BCUT2D eigenvalue weighted by atomic mass is 10.2. The summed E-state index contributed by atoms with van der Waals surface area (Å²) < 4.78 is 12.4. The van der Waals surface area contributed by atoms with Crippen LogP contribution in [0.2, 0.25) is 0 Å². The molecule has 0 saturated heterocycles. The van der Waals surface area contributed by atoms with Gasteiger partial charge in [0.15, 0.2) is 6.61 Å². The zero-order chi connectivity index (χ0) is 22.4. The fourth-order valence-corrected chi connectivity index (χ4v) is 3.17. The van der Waals surface area contributed by atoms with Crippen LogP contribution in [0.4, 0.5) is 0 Å². The number of amides is 1. The smallest absolute Gasteiger partial charge is 0.338 e. The van der Waals surface area contributed by atoms with Crippen LogP contribution in [-0.4, -0.2) is 46.8 Å². The Bertz CT molecular complexity index is 1040. The summed E-state index contributed by atoms with van der Waals surface area (Å²) in [7, 11) is 1.68. The molecule has 162 valence electrons. The van der Waals surface area contributed by atoms with E-state index in [0.717, 1.165) is 28.4 Å². The Labute approximate surface area is 182 Å². The van der Waals surface area contributed by atoms with Crippen molar-refractivity contribution < 1.29 is 19.1 Å². The Morgan fingerprint density at radius 2 is 1.71 bits per heavy atom. The van der Waals surface area contributed by atoms with Crippen LogP contribution >= 0.6 is 0 Å². The fraction of sp³-hybridized carbons (Fsp3) is 0.292. The number of hydrogen-bond donors (Lipinski definition) is 0. The monoisotopic (exact) mass is 421 g/mol. The van der Waals surface area contributed by atoms with Crippen molar-refractivity contribution in [3.63, 3.8) is 0 Å². The van der Waals surface area contributed by atoms with Gasteiger partial charge in [-0.05, 0) is 68.8 Å². The van der Waals surface area contributed by atoms with Crippen LogP contribution < -0.4 is 4.74 Å². The van der Waals surface area contributed by atoms with Crippen molar-refractivity contribution >= 4 is 11.9 Å². The Kier molecular flexibility index (Phi) is 7.07. The highest BCUT2D eigenvalue weighted by molar-refractivity contribution is 5.91. The van der Waals surface area contributed by atoms with E-state index >= 15 is 0 Å². The molecule has 1 aromatic heterocycles. The van der Waals surface area contributed by atoms with E-state index in [-0.39, 0.29) is 12.5 Å². The van der Waals surface area contributed by atoms with Gasteiger partial charge in [0.25, 0.3) is 5.91 Å². The van der Waals surface area contributed by atoms with Gasteiger partial charge in [-0.15, -0.1) is 0 Å². The third-order valence-corrected chi connectivity index (χ3v) is 4.76. The van der Waals surface area contributed by atoms with Gasteiger partial charge in [0.05, 0.1) is 23.6 Å². The summed E-state index contributed by atoms with van der Waals surface area (Å²) in [4.78, 5) is 26.2. The second kappa shape index (κ2) is 9.93. The lowest BCUT2D eigenvalue weighted by molar-refractivity contribution is -0.133. The summed E-state index contributed by atoms with van der Waals surface area (Å²) in [5, 5.41) is 4.43. The molecule has 7 nitrogen and oxygen atoms in total. The normalized spacial score (nSPS) is 10.6. The predicted octanol–water partition coefficient (Wildman–Crippen LogP) is 3.70. The van der Waals surface area contributed by atoms with E-state index < -0.39 is 5.97 Å². The first-order chi connectivity index (χ1) is 14.9. The van der Waals surface area contributed by atoms with Gasteiger partial charge in [0.1, 0.15) is 5.75 Å². The molecule has 0 N–H and O–H groups in total. The molecule has 0 fully saturated rings. The average Bonchev–Trinajstić information content (AvgIpc) is 3.11. The molecule has 3 aromatic rings. The Hall–Kier alpha value is -3.61. The largest absolute Gasteiger partial charge is 0.494 e. The lowest BCUT2D eigenvalue weighted by Gasteiger charge is -2.17. The highest BCUT2D eigenvalue weighted by Crippen LogP contribution is 2.15. The molecule has 1 amide bonds. The molecule has 3 rings (SSSR count). The number of ether oxygens (including phenoxy) is 2. The molecule has 0 atom stereocenters. The predicted molar refractivity (Wildman–Crippen MR) is 117 cm³/mol. The molecule has 0 aliphatic heterocycles. The standard InChI is InChI=1S/C24H27N3O4/c1-5-30-22-12-6-19(7-13-22)15-26(4)23(28)16-31-24(29)20-8-10-21(11-9-20)27-18(3)14-17(2)25-27/h6-14H,5,15-16H2,1-4H3. The van der Waals surface area contributed by atoms with E-state index in [2.05, 4.69) is 5.10 Å². The second-order valence-corrected chi connectivity index (χ2v) is 7.29. The number of aromatic nitrogens is 2. The van der Waals surface area contributed by atoms with Crippen molar-refractivity contribution in [1.29, 1.82) is 0 Å². The van der Waals surface area contributed by atoms with E-state index in [0.29, 0.717) is 18.7 Å². The van der Waals surface area contributed by atoms with Crippen LogP contribution in [-0.2, 0) is 16.1 Å². The second-order valence-electron chi connectivity index (χ2n) is 7.29. The van der Waals surface area contributed by atoms with Gasteiger partial charge < -0.3 is 14.4 Å². The van der Waals surface area contributed by atoms with Crippen molar-refractivity contribution in [1.82, 2.24) is 14.7 Å². The summed E-state index contributed by atoms with van der Waals surface area (Å²) in [5.74, 6) is -0.0257. The van der Waals surface area contributed by atoms with E-state index in [4.69, 9.17) is 9.47 Å². The minimum Gasteiger partial charge on any atom is -0.494 e. The molecular formula is C24H27N3O4. The van der Waals surface area contributed by atoms with Gasteiger partial charge >= 0.3 is 5.97 Å². The Morgan fingerprint density at radius 1 is 1.03 bits per heavy atom. The SMILES string of the molecule is CCOc1ccc(CN(C)C(=O)COC(=O)c2ccc(-n3nc(C)cc3C)cc2)cc1. The van der Waals surface area contributed by atoms with Gasteiger partial charge in [-0.2, -0.15) is 5.10 Å². The first kappa shape index (κ1) is 22.1. The number of rotatable bonds is 8. The Morgan fingerprint density at radius 3 is 2.29 bits per heavy atom. The summed E-state index contributed by atoms with van der Waals surface area (Å²) >= 11 is 0. The number of hydrogen-bond acceptors (Lipinski definition) is 5. The summed E-state index contributed by atoms with van der Waals surface area (Å²) in [6.07, 6.45) is 0. The van der Waals surface area contributed by atoms with Crippen molar-refractivity contribution in [2.45, 2.75) is 27.3 Å². The highest BCUT2D eigenvalue weighted by atomic mass is 16.5. The summed E-state index contributed by atoms with van der Waals surface area (Å²) in [6, 6.07) is 16.5. The average molecular weight is 421 g/mol. The molecule has 0 unspecified atom stereocenters. The number of benzene rings is 2. The molecule has 0 aliphatic rings. The topological polar surface area (TPSA) is 73.7 Å². The van der Waals surface area contributed by atoms with Crippen LogP contribution in [0.1, 0.15) is 34.2 Å². The summed E-state index contributed by atoms with van der Waals surface area (Å²) in [5.41, 5.74) is 4.13. The molecule has 2 aromatic carbocycles. The Balaban J connectivity index is 1.52. The molecule has 0 spiro atoms. The van der Waals surface area contributed by atoms with E-state index in [9.17, 15) is 9.59 Å². The van der Waals surface area contributed by atoms with Crippen molar-refractivity contribution in [2.75, 3.05) is 20.3 Å². The van der Waals surface area contributed by atoms with Crippen molar-refractivity contribution in [2.24, 2.45) is 0 Å². The minimum atomic E-state index is -0.539. The molecule has 0 aliphatic carbocycles. The van der Waals surface area contributed by atoms with Crippen LogP contribution in [0.3, 0.4) is 0 Å². The van der Waals surface area contributed by atoms with Crippen LogP contribution in [0, 0.1) is 13.8 Å². The van der Waals surface area contributed by atoms with Gasteiger partial charge in [0.2, 0.25) is 0 Å². The van der Waals surface area contributed by atoms with Gasteiger partial charge in [-0.25, -0.2) is 9.48 Å². The van der Waals surface area contributed by atoms with E-state index in [1.165, 1.54) is 4.90 Å². The van der Waals surface area contributed by atoms with Gasteiger partial charge in [-0.3, -0.25) is 4.79 Å². The molecule has 7 heteroatoms. The summed E-state index contributed by atoms with van der Waals surface area (Å²) in [6.45, 7) is 6.54. The van der Waals surface area contributed by atoms with Crippen LogP contribution in [0.25, 0.3) is 5.69 Å². The maximum atomic E-state index is 12.3. The third kappa shape index (κ3) is 5.72. The van der Waals surface area contributed by atoms with Crippen LogP contribution in [0.15, 0.2) is 54.6 Å². The van der Waals surface area contributed by atoms with Crippen LogP contribution in [0.5, 0.6) is 5.75 Å². The molecule has 1 heterocycles. The highest BCUT2D eigenvalue weighted by Gasteiger charge is 2.14. The number of aryl methyl sites for hydroxylation is 2.